The highest BCUT2D eigenvalue weighted by Gasteiger charge is 2.20. The van der Waals surface area contributed by atoms with Gasteiger partial charge < -0.3 is 14.6 Å². The summed E-state index contributed by atoms with van der Waals surface area (Å²) >= 11 is 0. The molecule has 0 unspecified atom stereocenters. The normalized spacial score (nSPS) is 11.5. The molecule has 0 aliphatic heterocycles. The lowest BCUT2D eigenvalue weighted by Gasteiger charge is -2.24. The fraction of sp³-hybridized carbons (Fsp3) is 0.500. The molecule has 5 nitrogen and oxygen atoms in total. The maximum atomic E-state index is 5.44. The van der Waals surface area contributed by atoms with Crippen LogP contribution in [0.4, 0.5) is 11.6 Å². The Bertz CT molecular complexity index is 572. The van der Waals surface area contributed by atoms with Gasteiger partial charge >= 0.3 is 0 Å². The van der Waals surface area contributed by atoms with Crippen LogP contribution in [0.3, 0.4) is 0 Å². The summed E-state index contributed by atoms with van der Waals surface area (Å²) in [7, 11) is 1.88. The van der Waals surface area contributed by atoms with E-state index in [1.54, 1.807) is 6.26 Å². The number of furan rings is 1. The van der Waals surface area contributed by atoms with Crippen LogP contribution in [0.15, 0.2) is 28.9 Å². The first-order valence-electron chi connectivity index (χ1n) is 7.28. The third kappa shape index (κ3) is 3.74. The van der Waals surface area contributed by atoms with Crippen molar-refractivity contribution in [2.75, 3.05) is 23.8 Å². The average Bonchev–Trinajstić information content (AvgIpc) is 2.96. The van der Waals surface area contributed by atoms with Crippen LogP contribution >= 0.6 is 0 Å². The second-order valence-electron chi connectivity index (χ2n) is 6.03. The summed E-state index contributed by atoms with van der Waals surface area (Å²) in [6.45, 7) is 10.0. The molecule has 21 heavy (non-hydrogen) atoms. The minimum absolute atomic E-state index is 0.0916. The Morgan fingerprint density at radius 1 is 1.29 bits per heavy atom. The van der Waals surface area contributed by atoms with Crippen LogP contribution in [-0.2, 0) is 12.0 Å². The van der Waals surface area contributed by atoms with E-state index in [2.05, 4.69) is 42.9 Å². The lowest BCUT2D eigenvalue weighted by atomic mass is 9.96. The number of hydrogen-bond acceptors (Lipinski definition) is 5. The molecular formula is C16H24N4O. The van der Waals surface area contributed by atoms with Gasteiger partial charge in [-0.15, -0.1) is 0 Å². The summed E-state index contributed by atoms with van der Waals surface area (Å²) in [5, 5.41) is 3.12. The predicted molar refractivity (Wildman–Crippen MR) is 85.7 cm³/mol. The molecule has 0 aliphatic rings. The molecule has 2 aromatic rings. The molecule has 0 saturated heterocycles. The molecule has 0 atom stereocenters. The number of rotatable bonds is 5. The molecule has 0 aromatic carbocycles. The van der Waals surface area contributed by atoms with E-state index >= 15 is 0 Å². The first kappa shape index (κ1) is 15.4. The maximum Gasteiger partial charge on any atom is 0.138 e. The number of nitrogens with zero attached hydrogens (tertiary/aromatic N) is 3. The van der Waals surface area contributed by atoms with Gasteiger partial charge in [0, 0.05) is 25.1 Å². The summed E-state index contributed by atoms with van der Waals surface area (Å²) < 4.78 is 5.44. The van der Waals surface area contributed by atoms with Gasteiger partial charge in [-0.3, -0.25) is 0 Å². The van der Waals surface area contributed by atoms with Crippen molar-refractivity contribution in [3.05, 3.63) is 36.0 Å². The van der Waals surface area contributed by atoms with E-state index in [1.165, 1.54) is 0 Å². The van der Waals surface area contributed by atoms with Crippen molar-refractivity contribution in [1.29, 1.82) is 0 Å². The standard InChI is InChI=1S/C16H24N4O/c1-6-20(11-12-8-7-9-21-12)14-10-13(17-5)18-15(19-14)16(2,3)4/h7-10H,6,11H2,1-5H3,(H,17,18,19). The van der Waals surface area contributed by atoms with E-state index in [0.717, 1.165) is 29.8 Å². The molecule has 1 N–H and O–H groups in total. The van der Waals surface area contributed by atoms with Crippen molar-refractivity contribution in [3.8, 4) is 0 Å². The Balaban J connectivity index is 2.35. The first-order valence-corrected chi connectivity index (χ1v) is 7.28. The zero-order valence-electron chi connectivity index (χ0n) is 13.5. The van der Waals surface area contributed by atoms with Gasteiger partial charge in [0.2, 0.25) is 0 Å². The number of anilines is 2. The second-order valence-corrected chi connectivity index (χ2v) is 6.03. The third-order valence-corrected chi connectivity index (χ3v) is 3.27. The van der Waals surface area contributed by atoms with Crippen molar-refractivity contribution in [2.45, 2.75) is 39.7 Å². The molecule has 0 saturated carbocycles. The molecule has 0 bridgehead atoms. The molecule has 114 valence electrons. The molecule has 2 aromatic heterocycles. The van der Waals surface area contributed by atoms with Crippen LogP contribution in [-0.4, -0.2) is 23.6 Å². The molecule has 0 aliphatic carbocycles. The lowest BCUT2D eigenvalue weighted by molar-refractivity contribution is 0.501. The Hall–Kier alpha value is -2.04. The molecule has 0 radical (unpaired) electrons. The van der Waals surface area contributed by atoms with Gasteiger partial charge in [-0.2, -0.15) is 0 Å². The van der Waals surface area contributed by atoms with Gasteiger partial charge in [-0.1, -0.05) is 20.8 Å². The van der Waals surface area contributed by atoms with Crippen molar-refractivity contribution in [1.82, 2.24) is 9.97 Å². The van der Waals surface area contributed by atoms with E-state index < -0.39 is 0 Å². The number of nitrogens with one attached hydrogen (secondary N) is 1. The molecule has 0 amide bonds. The number of aromatic nitrogens is 2. The van der Waals surface area contributed by atoms with Crippen LogP contribution in [0, 0.1) is 0 Å². The highest BCUT2D eigenvalue weighted by molar-refractivity contribution is 5.49. The topological polar surface area (TPSA) is 54.2 Å². The third-order valence-electron chi connectivity index (χ3n) is 3.27. The van der Waals surface area contributed by atoms with Crippen molar-refractivity contribution >= 4 is 11.6 Å². The summed E-state index contributed by atoms with van der Waals surface area (Å²) in [5.41, 5.74) is -0.0916. The fourth-order valence-corrected chi connectivity index (χ4v) is 2.01. The van der Waals surface area contributed by atoms with Gasteiger partial charge in [0.15, 0.2) is 0 Å². The van der Waals surface area contributed by atoms with Crippen LogP contribution in [0.25, 0.3) is 0 Å². The Kier molecular flexibility index (Phi) is 4.50. The zero-order valence-corrected chi connectivity index (χ0v) is 13.5. The van der Waals surface area contributed by atoms with E-state index in [9.17, 15) is 0 Å². The van der Waals surface area contributed by atoms with Crippen LogP contribution in [0.5, 0.6) is 0 Å². The van der Waals surface area contributed by atoms with Gasteiger partial charge in [0.25, 0.3) is 0 Å². The lowest BCUT2D eigenvalue weighted by Crippen LogP contribution is -2.25. The number of hydrogen-bond donors (Lipinski definition) is 1. The summed E-state index contributed by atoms with van der Waals surface area (Å²) in [6, 6.07) is 5.86. The zero-order chi connectivity index (χ0) is 15.5. The summed E-state index contributed by atoms with van der Waals surface area (Å²) in [4.78, 5) is 11.5. The minimum Gasteiger partial charge on any atom is -0.467 e. The van der Waals surface area contributed by atoms with E-state index in [4.69, 9.17) is 9.40 Å². The quantitative estimate of drug-likeness (QED) is 0.913. The van der Waals surface area contributed by atoms with Crippen LogP contribution in [0.2, 0.25) is 0 Å². The molecular weight excluding hydrogens is 264 g/mol. The Labute approximate surface area is 126 Å². The van der Waals surface area contributed by atoms with Gasteiger partial charge in [0.05, 0.1) is 12.8 Å². The minimum atomic E-state index is -0.0916. The molecule has 0 spiro atoms. The van der Waals surface area contributed by atoms with E-state index in [1.807, 2.05) is 25.2 Å². The van der Waals surface area contributed by atoms with Gasteiger partial charge in [0.1, 0.15) is 23.2 Å². The first-order chi connectivity index (χ1) is 9.94. The van der Waals surface area contributed by atoms with E-state index in [0.29, 0.717) is 6.54 Å². The molecule has 5 heteroatoms. The highest BCUT2D eigenvalue weighted by Crippen LogP contribution is 2.24. The largest absolute Gasteiger partial charge is 0.467 e. The van der Waals surface area contributed by atoms with Crippen molar-refractivity contribution in [3.63, 3.8) is 0 Å². The molecule has 2 heterocycles. The molecule has 2 rings (SSSR count). The van der Waals surface area contributed by atoms with Crippen molar-refractivity contribution < 1.29 is 4.42 Å². The Morgan fingerprint density at radius 2 is 2.05 bits per heavy atom. The van der Waals surface area contributed by atoms with Crippen LogP contribution < -0.4 is 10.2 Å². The second kappa shape index (κ2) is 6.16. The summed E-state index contributed by atoms with van der Waals surface area (Å²) in [6.07, 6.45) is 1.70. The smallest absolute Gasteiger partial charge is 0.138 e. The summed E-state index contributed by atoms with van der Waals surface area (Å²) in [5.74, 6) is 3.52. The van der Waals surface area contributed by atoms with Crippen LogP contribution in [0.1, 0.15) is 39.3 Å². The fourth-order valence-electron chi connectivity index (χ4n) is 2.01. The van der Waals surface area contributed by atoms with E-state index in [-0.39, 0.29) is 5.41 Å². The predicted octanol–water partition coefficient (Wildman–Crippen LogP) is 3.44. The monoisotopic (exact) mass is 288 g/mol. The van der Waals surface area contributed by atoms with Gasteiger partial charge in [-0.25, -0.2) is 9.97 Å². The SMILES string of the molecule is CCN(Cc1ccco1)c1cc(NC)nc(C(C)(C)C)n1. The highest BCUT2D eigenvalue weighted by atomic mass is 16.3. The van der Waals surface area contributed by atoms with Gasteiger partial charge in [-0.05, 0) is 19.1 Å². The molecule has 0 fully saturated rings. The Morgan fingerprint density at radius 3 is 2.57 bits per heavy atom. The maximum absolute atomic E-state index is 5.44. The average molecular weight is 288 g/mol. The van der Waals surface area contributed by atoms with Crippen molar-refractivity contribution in [2.24, 2.45) is 0 Å².